The van der Waals surface area contributed by atoms with E-state index in [4.69, 9.17) is 11.6 Å². The summed E-state index contributed by atoms with van der Waals surface area (Å²) in [6.07, 6.45) is 3.47. The van der Waals surface area contributed by atoms with Gasteiger partial charge in [-0.15, -0.1) is 11.3 Å². The molecule has 0 bridgehead atoms. The van der Waals surface area contributed by atoms with Crippen LogP contribution in [-0.4, -0.2) is 21.6 Å². The van der Waals surface area contributed by atoms with Gasteiger partial charge in [-0.25, -0.2) is 4.98 Å². The zero-order valence-corrected chi connectivity index (χ0v) is 14.3. The highest BCUT2D eigenvalue weighted by Crippen LogP contribution is 2.28. The fourth-order valence-corrected chi connectivity index (χ4v) is 3.69. The summed E-state index contributed by atoms with van der Waals surface area (Å²) in [5.74, 6) is 0.216. The van der Waals surface area contributed by atoms with Gasteiger partial charge in [-0.05, 0) is 30.3 Å². The molecule has 0 spiro atoms. The zero-order valence-electron chi connectivity index (χ0n) is 11.9. The number of amides is 1. The van der Waals surface area contributed by atoms with Crippen molar-refractivity contribution < 1.29 is 4.79 Å². The minimum atomic E-state index is -0.0853. The number of halogens is 1. The number of carbonyl (C=O) groups excluding carboxylic acids is 1. The Kier molecular flexibility index (Phi) is 5.27. The average molecular weight is 362 g/mol. The molecule has 0 aliphatic rings. The van der Waals surface area contributed by atoms with Gasteiger partial charge < -0.3 is 5.32 Å². The van der Waals surface area contributed by atoms with Crippen LogP contribution in [0.5, 0.6) is 0 Å². The average Bonchev–Trinajstić information content (AvgIpc) is 3.03. The van der Waals surface area contributed by atoms with E-state index in [2.05, 4.69) is 15.3 Å². The van der Waals surface area contributed by atoms with Crippen LogP contribution in [0.4, 0.5) is 5.69 Å². The van der Waals surface area contributed by atoms with Crippen LogP contribution < -0.4 is 5.32 Å². The maximum absolute atomic E-state index is 12.0. The topological polar surface area (TPSA) is 54.9 Å². The normalized spacial score (nSPS) is 10.5. The second-order valence-electron chi connectivity index (χ2n) is 4.58. The first-order valence-electron chi connectivity index (χ1n) is 6.75. The molecule has 23 heavy (non-hydrogen) atoms. The van der Waals surface area contributed by atoms with Gasteiger partial charge in [0.25, 0.3) is 0 Å². The molecule has 4 nitrogen and oxygen atoms in total. The number of hydrogen-bond acceptors (Lipinski definition) is 5. The minimum Gasteiger partial charge on any atom is -0.325 e. The molecule has 1 amide bonds. The van der Waals surface area contributed by atoms with Crippen molar-refractivity contribution in [2.45, 2.75) is 4.34 Å². The maximum atomic E-state index is 12.0. The van der Waals surface area contributed by atoms with Gasteiger partial charge in [0, 0.05) is 34.0 Å². The van der Waals surface area contributed by atoms with Crippen molar-refractivity contribution in [2.75, 3.05) is 11.1 Å². The summed E-state index contributed by atoms with van der Waals surface area (Å²) < 4.78 is 0.859. The van der Waals surface area contributed by atoms with Crippen molar-refractivity contribution in [1.29, 1.82) is 0 Å². The van der Waals surface area contributed by atoms with Gasteiger partial charge >= 0.3 is 0 Å². The van der Waals surface area contributed by atoms with Crippen LogP contribution in [0.3, 0.4) is 0 Å². The Morgan fingerprint density at radius 2 is 2.09 bits per heavy atom. The number of anilines is 1. The quantitative estimate of drug-likeness (QED) is 0.675. The molecule has 0 radical (unpaired) electrons. The van der Waals surface area contributed by atoms with E-state index in [-0.39, 0.29) is 5.91 Å². The smallest absolute Gasteiger partial charge is 0.234 e. The molecule has 0 atom stereocenters. The highest BCUT2D eigenvalue weighted by Gasteiger charge is 2.08. The van der Waals surface area contributed by atoms with E-state index in [0.717, 1.165) is 15.6 Å². The van der Waals surface area contributed by atoms with Crippen LogP contribution in [-0.2, 0) is 4.79 Å². The van der Waals surface area contributed by atoms with Crippen LogP contribution in [0, 0.1) is 0 Å². The number of carbonyl (C=O) groups is 1. The molecular weight excluding hydrogens is 350 g/mol. The lowest BCUT2D eigenvalue weighted by Crippen LogP contribution is -2.13. The fraction of sp³-hybridized carbons (Fsp3) is 0.0625. The molecule has 3 rings (SSSR count). The summed E-state index contributed by atoms with van der Waals surface area (Å²) in [5, 5.41) is 5.39. The summed E-state index contributed by atoms with van der Waals surface area (Å²) >= 11 is 8.83. The molecule has 2 aromatic heterocycles. The van der Waals surface area contributed by atoms with E-state index in [1.54, 1.807) is 36.7 Å². The van der Waals surface area contributed by atoms with Crippen molar-refractivity contribution in [2.24, 2.45) is 0 Å². The van der Waals surface area contributed by atoms with E-state index < -0.39 is 0 Å². The molecule has 0 aliphatic heterocycles. The van der Waals surface area contributed by atoms with Gasteiger partial charge in [0.1, 0.15) is 0 Å². The molecule has 1 aromatic carbocycles. The van der Waals surface area contributed by atoms with E-state index in [9.17, 15) is 4.79 Å². The third kappa shape index (κ3) is 4.54. The van der Waals surface area contributed by atoms with E-state index in [0.29, 0.717) is 16.5 Å². The lowest BCUT2D eigenvalue weighted by Gasteiger charge is -2.04. The van der Waals surface area contributed by atoms with Crippen molar-refractivity contribution in [3.63, 3.8) is 0 Å². The molecular formula is C16H12ClN3OS2. The molecule has 0 saturated carbocycles. The number of nitrogens with one attached hydrogen (secondary N) is 1. The Labute approximate surface area is 146 Å². The van der Waals surface area contributed by atoms with Crippen molar-refractivity contribution in [3.05, 3.63) is 59.2 Å². The Morgan fingerprint density at radius 3 is 2.87 bits per heavy atom. The van der Waals surface area contributed by atoms with Crippen molar-refractivity contribution in [3.8, 4) is 11.3 Å². The molecule has 0 fully saturated rings. The number of aromatic nitrogens is 2. The fourth-order valence-electron chi connectivity index (χ4n) is 1.87. The SMILES string of the molecule is O=C(CSc1nc(-c2ccncc2)cs1)Nc1cccc(Cl)c1. The second-order valence-corrected chi connectivity index (χ2v) is 7.10. The monoisotopic (exact) mass is 361 g/mol. The van der Waals surface area contributed by atoms with Gasteiger partial charge in [0.05, 0.1) is 11.4 Å². The Balaban J connectivity index is 1.56. The van der Waals surface area contributed by atoms with Gasteiger partial charge in [0.15, 0.2) is 4.34 Å². The number of hydrogen-bond donors (Lipinski definition) is 1. The second kappa shape index (κ2) is 7.59. The molecule has 1 N–H and O–H groups in total. The Hall–Kier alpha value is -1.89. The van der Waals surface area contributed by atoms with Gasteiger partial charge in [0.2, 0.25) is 5.91 Å². The first-order chi connectivity index (χ1) is 11.2. The first-order valence-corrected chi connectivity index (χ1v) is 8.99. The summed E-state index contributed by atoms with van der Waals surface area (Å²) in [6.45, 7) is 0. The number of nitrogens with zero attached hydrogens (tertiary/aromatic N) is 2. The molecule has 0 unspecified atom stereocenters. The molecule has 2 heterocycles. The van der Waals surface area contributed by atoms with Gasteiger partial charge in [-0.1, -0.05) is 29.4 Å². The number of rotatable bonds is 5. The first kappa shape index (κ1) is 16.0. The summed E-state index contributed by atoms with van der Waals surface area (Å²) in [5.41, 5.74) is 2.61. The molecule has 0 saturated heterocycles. The Bertz CT molecular complexity index is 808. The van der Waals surface area contributed by atoms with E-state index in [1.807, 2.05) is 17.5 Å². The molecule has 0 aliphatic carbocycles. The van der Waals surface area contributed by atoms with Crippen molar-refractivity contribution in [1.82, 2.24) is 9.97 Å². The van der Waals surface area contributed by atoms with E-state index >= 15 is 0 Å². The lowest BCUT2D eigenvalue weighted by molar-refractivity contribution is -0.113. The van der Waals surface area contributed by atoms with Crippen molar-refractivity contribution >= 4 is 46.3 Å². The standard InChI is InChI=1S/C16H12ClN3OS2/c17-12-2-1-3-13(8-12)19-15(21)10-23-16-20-14(9-22-16)11-4-6-18-7-5-11/h1-9H,10H2,(H,19,21). The third-order valence-corrected chi connectivity index (χ3v) is 5.15. The largest absolute Gasteiger partial charge is 0.325 e. The highest BCUT2D eigenvalue weighted by molar-refractivity contribution is 8.01. The number of pyridine rings is 1. The predicted octanol–water partition coefficient (Wildman–Crippen LogP) is 4.59. The minimum absolute atomic E-state index is 0.0853. The van der Waals surface area contributed by atoms with Crippen LogP contribution in [0.2, 0.25) is 5.02 Å². The molecule has 7 heteroatoms. The lowest BCUT2D eigenvalue weighted by atomic mass is 10.2. The summed E-state index contributed by atoms with van der Waals surface area (Å²) in [6, 6.07) is 10.9. The van der Waals surface area contributed by atoms with Gasteiger partial charge in [-0.3, -0.25) is 9.78 Å². The summed E-state index contributed by atoms with van der Waals surface area (Å²) in [4.78, 5) is 20.5. The number of thiazole rings is 1. The summed E-state index contributed by atoms with van der Waals surface area (Å²) in [7, 11) is 0. The van der Waals surface area contributed by atoms with Crippen LogP contribution >= 0.6 is 34.7 Å². The van der Waals surface area contributed by atoms with Crippen LogP contribution in [0.25, 0.3) is 11.3 Å². The molecule has 3 aromatic rings. The number of thioether (sulfide) groups is 1. The maximum Gasteiger partial charge on any atom is 0.234 e. The van der Waals surface area contributed by atoms with Crippen LogP contribution in [0.15, 0.2) is 58.5 Å². The Morgan fingerprint density at radius 1 is 1.26 bits per heavy atom. The molecule has 116 valence electrons. The van der Waals surface area contributed by atoms with Crippen LogP contribution in [0.1, 0.15) is 0 Å². The van der Waals surface area contributed by atoms with E-state index in [1.165, 1.54) is 23.1 Å². The zero-order chi connectivity index (χ0) is 16.1. The number of benzene rings is 1. The predicted molar refractivity (Wildman–Crippen MR) is 96.2 cm³/mol. The third-order valence-electron chi connectivity index (χ3n) is 2.89. The van der Waals surface area contributed by atoms with Gasteiger partial charge in [-0.2, -0.15) is 0 Å². The highest BCUT2D eigenvalue weighted by atomic mass is 35.5.